The predicted octanol–water partition coefficient (Wildman–Crippen LogP) is 2.91. The van der Waals surface area contributed by atoms with Crippen molar-refractivity contribution in [3.8, 4) is 0 Å². The van der Waals surface area contributed by atoms with Gasteiger partial charge in [-0.2, -0.15) is 0 Å². The van der Waals surface area contributed by atoms with Crippen molar-refractivity contribution in [3.05, 3.63) is 23.9 Å². The van der Waals surface area contributed by atoms with Crippen LogP contribution in [0.2, 0.25) is 0 Å². The molecule has 2 aliphatic heterocycles. The number of hydrogen-bond donors (Lipinski definition) is 3. The van der Waals surface area contributed by atoms with Crippen LogP contribution in [-0.4, -0.2) is 33.9 Å². The van der Waals surface area contributed by atoms with Gasteiger partial charge in [0.1, 0.15) is 5.82 Å². The minimum absolute atomic E-state index is 0.108. The van der Waals surface area contributed by atoms with Crippen molar-refractivity contribution < 1.29 is 9.84 Å². The largest absolute Gasteiger partial charge is 0.396 e. The standard InChI is InChI=1S/C22H35N3O2/c1-21(2)18-5-6-22(27-21,11-19(18)23)17-9-15(8-16(10-17)13-26)7-14-3-4-20(24)25-12-14/h3-4,12,15-19,26H,5-11,13,23H2,1-2H3,(H2,24,25). The quantitative estimate of drug-likeness (QED) is 0.754. The van der Waals surface area contributed by atoms with Crippen LogP contribution in [0.1, 0.15) is 57.9 Å². The van der Waals surface area contributed by atoms with E-state index in [0.29, 0.717) is 29.5 Å². The number of hydrogen-bond acceptors (Lipinski definition) is 5. The monoisotopic (exact) mass is 373 g/mol. The summed E-state index contributed by atoms with van der Waals surface area (Å²) in [5, 5.41) is 9.95. The number of aromatic nitrogens is 1. The number of ether oxygens (including phenoxy) is 1. The van der Waals surface area contributed by atoms with Crippen molar-refractivity contribution >= 4 is 5.82 Å². The second-order valence-electron chi connectivity index (χ2n) is 9.90. The van der Waals surface area contributed by atoms with Crippen molar-refractivity contribution in [1.82, 2.24) is 4.98 Å². The summed E-state index contributed by atoms with van der Waals surface area (Å²) in [5.41, 5.74) is 13.3. The van der Waals surface area contributed by atoms with Gasteiger partial charge in [0.2, 0.25) is 0 Å². The maximum absolute atomic E-state index is 9.95. The Morgan fingerprint density at radius 1 is 1.22 bits per heavy atom. The van der Waals surface area contributed by atoms with Crippen molar-refractivity contribution in [2.45, 2.75) is 76.0 Å². The number of anilines is 1. The average Bonchev–Trinajstić information content (AvgIpc) is 2.62. The minimum Gasteiger partial charge on any atom is -0.396 e. The first-order valence-corrected chi connectivity index (χ1v) is 10.6. The van der Waals surface area contributed by atoms with Crippen molar-refractivity contribution in [1.29, 1.82) is 0 Å². The summed E-state index contributed by atoms with van der Waals surface area (Å²) in [7, 11) is 0. The molecule has 150 valence electrons. The zero-order valence-electron chi connectivity index (χ0n) is 16.7. The number of aliphatic hydroxyl groups excluding tert-OH is 1. The lowest BCUT2D eigenvalue weighted by atomic mass is 9.57. The number of nitrogen functional groups attached to an aromatic ring is 1. The molecule has 1 aromatic rings. The molecular weight excluding hydrogens is 338 g/mol. The maximum Gasteiger partial charge on any atom is 0.123 e. The van der Waals surface area contributed by atoms with Crippen LogP contribution in [0.25, 0.3) is 0 Å². The van der Waals surface area contributed by atoms with Crippen LogP contribution in [0.5, 0.6) is 0 Å². The van der Waals surface area contributed by atoms with Crippen LogP contribution < -0.4 is 11.5 Å². The Morgan fingerprint density at radius 2 is 2.00 bits per heavy atom. The van der Waals surface area contributed by atoms with E-state index in [1.807, 2.05) is 12.3 Å². The Labute approximate surface area is 162 Å². The molecule has 4 aliphatic rings. The summed E-state index contributed by atoms with van der Waals surface area (Å²) in [6, 6.07) is 4.20. The highest BCUT2D eigenvalue weighted by Crippen LogP contribution is 2.56. The molecule has 2 aliphatic carbocycles. The van der Waals surface area contributed by atoms with E-state index in [4.69, 9.17) is 16.2 Å². The zero-order valence-corrected chi connectivity index (χ0v) is 16.7. The molecule has 6 atom stereocenters. The number of nitrogens with zero attached hydrogens (tertiary/aromatic N) is 1. The van der Waals surface area contributed by atoms with E-state index in [1.165, 1.54) is 12.0 Å². The highest BCUT2D eigenvalue weighted by molar-refractivity contribution is 5.29. The van der Waals surface area contributed by atoms with Gasteiger partial charge in [0.05, 0.1) is 11.2 Å². The van der Waals surface area contributed by atoms with E-state index in [2.05, 4.69) is 24.9 Å². The summed E-state index contributed by atoms with van der Waals surface area (Å²) in [6.07, 6.45) is 9.43. The molecule has 2 saturated heterocycles. The van der Waals surface area contributed by atoms with E-state index in [0.717, 1.165) is 38.5 Å². The molecule has 27 heavy (non-hydrogen) atoms. The van der Waals surface area contributed by atoms with Crippen LogP contribution in [-0.2, 0) is 11.2 Å². The first-order chi connectivity index (χ1) is 12.8. The van der Waals surface area contributed by atoms with Gasteiger partial charge in [-0.25, -0.2) is 4.98 Å². The second kappa shape index (κ2) is 7.02. The topological polar surface area (TPSA) is 94.4 Å². The molecule has 5 heteroatoms. The molecule has 5 N–H and O–H groups in total. The molecule has 5 rings (SSSR count). The van der Waals surface area contributed by atoms with Gasteiger partial charge in [0, 0.05) is 24.8 Å². The summed E-state index contributed by atoms with van der Waals surface area (Å²) in [6.45, 7) is 4.70. The molecule has 2 bridgehead atoms. The van der Waals surface area contributed by atoms with Crippen molar-refractivity contribution in [2.24, 2.45) is 29.4 Å². The predicted molar refractivity (Wildman–Crippen MR) is 107 cm³/mol. The van der Waals surface area contributed by atoms with Gasteiger partial charge in [-0.3, -0.25) is 0 Å². The number of aliphatic hydroxyl groups is 1. The lowest BCUT2D eigenvalue weighted by molar-refractivity contribution is -0.270. The smallest absolute Gasteiger partial charge is 0.123 e. The fourth-order valence-corrected chi connectivity index (χ4v) is 6.47. The Morgan fingerprint density at radius 3 is 2.63 bits per heavy atom. The zero-order chi connectivity index (χ0) is 19.2. The molecule has 3 heterocycles. The fraction of sp³-hybridized carbons (Fsp3) is 0.773. The summed E-state index contributed by atoms with van der Waals surface area (Å²) >= 11 is 0. The highest BCUT2D eigenvalue weighted by atomic mass is 16.5. The Bertz CT molecular complexity index is 662. The first-order valence-electron chi connectivity index (χ1n) is 10.6. The fourth-order valence-electron chi connectivity index (χ4n) is 6.47. The van der Waals surface area contributed by atoms with Gasteiger partial charge >= 0.3 is 0 Å². The minimum atomic E-state index is -0.140. The molecular formula is C22H35N3O2. The number of pyridine rings is 1. The SMILES string of the molecule is CC1(C)OC2(C3CC(CO)CC(Cc4ccc(N)nc4)C3)CCC1C(N)C2. The highest BCUT2D eigenvalue weighted by Gasteiger charge is 2.58. The van der Waals surface area contributed by atoms with E-state index >= 15 is 0 Å². The summed E-state index contributed by atoms with van der Waals surface area (Å²) < 4.78 is 6.79. The third-order valence-corrected chi connectivity index (χ3v) is 7.61. The maximum atomic E-state index is 9.95. The third kappa shape index (κ3) is 3.62. The van der Waals surface area contributed by atoms with Gasteiger partial charge < -0.3 is 21.3 Å². The third-order valence-electron chi connectivity index (χ3n) is 7.61. The molecule has 1 aromatic heterocycles. The van der Waals surface area contributed by atoms with Crippen LogP contribution in [0.3, 0.4) is 0 Å². The molecule has 0 radical (unpaired) electrons. The van der Waals surface area contributed by atoms with E-state index in [-0.39, 0.29) is 23.9 Å². The van der Waals surface area contributed by atoms with Gasteiger partial charge in [-0.15, -0.1) is 0 Å². The van der Waals surface area contributed by atoms with Gasteiger partial charge in [0.25, 0.3) is 0 Å². The van der Waals surface area contributed by atoms with Gasteiger partial charge in [-0.05, 0) is 88.2 Å². The van der Waals surface area contributed by atoms with E-state index in [1.54, 1.807) is 0 Å². The Balaban J connectivity index is 1.54. The molecule has 0 spiro atoms. The normalized spacial score (nSPS) is 40.8. The molecule has 0 aromatic carbocycles. The van der Waals surface area contributed by atoms with Gasteiger partial charge in [-0.1, -0.05) is 6.07 Å². The van der Waals surface area contributed by atoms with Crippen LogP contribution >= 0.6 is 0 Å². The van der Waals surface area contributed by atoms with Crippen molar-refractivity contribution in [2.75, 3.05) is 12.3 Å². The lowest BCUT2D eigenvalue weighted by Gasteiger charge is -2.61. The Kier molecular flexibility index (Phi) is 4.98. The van der Waals surface area contributed by atoms with Crippen molar-refractivity contribution in [3.63, 3.8) is 0 Å². The molecule has 5 nitrogen and oxygen atoms in total. The van der Waals surface area contributed by atoms with E-state index in [9.17, 15) is 5.11 Å². The molecule has 4 fully saturated rings. The van der Waals surface area contributed by atoms with Crippen LogP contribution in [0.4, 0.5) is 5.82 Å². The van der Waals surface area contributed by atoms with Crippen LogP contribution in [0, 0.1) is 23.7 Å². The first kappa shape index (κ1) is 19.2. The lowest BCUT2D eigenvalue weighted by Crippen LogP contribution is -2.66. The number of fused-ring (bicyclic) bond motifs is 3. The van der Waals surface area contributed by atoms with E-state index < -0.39 is 0 Å². The molecule has 6 unspecified atom stereocenters. The van der Waals surface area contributed by atoms with Gasteiger partial charge in [0.15, 0.2) is 0 Å². The average molecular weight is 374 g/mol. The number of nitrogens with two attached hydrogens (primary N) is 2. The second-order valence-corrected chi connectivity index (χ2v) is 9.90. The Hall–Kier alpha value is -1.17. The summed E-state index contributed by atoms with van der Waals surface area (Å²) in [4.78, 5) is 4.25. The van der Waals surface area contributed by atoms with Crippen LogP contribution in [0.15, 0.2) is 18.3 Å². The molecule has 0 amide bonds. The number of rotatable bonds is 4. The summed E-state index contributed by atoms with van der Waals surface area (Å²) in [5.74, 6) is 2.40. The molecule has 2 saturated carbocycles.